The number of para-hydroxylation sites is 1. The normalized spacial score (nSPS) is 12.1. The van der Waals surface area contributed by atoms with Crippen molar-refractivity contribution in [2.75, 3.05) is 5.32 Å². The van der Waals surface area contributed by atoms with E-state index in [4.69, 9.17) is 4.74 Å². The quantitative estimate of drug-likeness (QED) is 0.452. The number of hydrogen-bond donors (Lipinski definition) is 2. The zero-order valence-electron chi connectivity index (χ0n) is 14.2. The summed E-state index contributed by atoms with van der Waals surface area (Å²) < 4.78 is 44.2. The molecule has 1 atom stereocenters. The van der Waals surface area contributed by atoms with Crippen LogP contribution in [-0.4, -0.2) is 28.0 Å². The van der Waals surface area contributed by atoms with Crippen LogP contribution in [0.5, 0.6) is 5.75 Å². The summed E-state index contributed by atoms with van der Waals surface area (Å²) >= 11 is 0. The molecule has 0 saturated heterocycles. The Morgan fingerprint density at radius 3 is 2.43 bits per heavy atom. The average Bonchev–Trinajstić information content (AvgIpc) is 2.61. The molecule has 0 fully saturated rings. The summed E-state index contributed by atoms with van der Waals surface area (Å²) in [6.45, 7) is 1.12. The van der Waals surface area contributed by atoms with Crippen molar-refractivity contribution in [2.24, 2.45) is 0 Å². The van der Waals surface area contributed by atoms with Crippen molar-refractivity contribution in [1.29, 1.82) is 0 Å². The first-order valence-corrected chi connectivity index (χ1v) is 7.66. The largest absolute Gasteiger partial charge is 0.507 e. The number of nitrogens with zero attached hydrogens (tertiary/aromatic N) is 1. The predicted molar refractivity (Wildman–Crippen MR) is 89.7 cm³/mol. The number of nitro benzene ring substituents is 1. The van der Waals surface area contributed by atoms with Crippen LogP contribution in [0.3, 0.4) is 0 Å². The van der Waals surface area contributed by atoms with Crippen molar-refractivity contribution in [3.63, 3.8) is 0 Å². The molecule has 11 heteroatoms. The van der Waals surface area contributed by atoms with Gasteiger partial charge in [-0.1, -0.05) is 12.1 Å². The molecule has 2 aromatic carbocycles. The molecule has 0 unspecified atom stereocenters. The summed E-state index contributed by atoms with van der Waals surface area (Å²) in [6, 6.07) is 7.16. The Kier molecular flexibility index (Phi) is 5.87. The van der Waals surface area contributed by atoms with Gasteiger partial charge in [-0.05, 0) is 25.1 Å². The van der Waals surface area contributed by atoms with Crippen molar-refractivity contribution in [1.82, 2.24) is 0 Å². The van der Waals surface area contributed by atoms with Gasteiger partial charge < -0.3 is 15.2 Å². The Morgan fingerprint density at radius 2 is 1.86 bits per heavy atom. The zero-order chi connectivity index (χ0) is 21.1. The number of nitrogens with one attached hydrogen (secondary N) is 1. The second-order valence-corrected chi connectivity index (χ2v) is 5.54. The highest BCUT2D eigenvalue weighted by Gasteiger charge is 2.36. The number of anilines is 1. The number of benzene rings is 2. The van der Waals surface area contributed by atoms with Gasteiger partial charge in [0.2, 0.25) is 0 Å². The van der Waals surface area contributed by atoms with Gasteiger partial charge >= 0.3 is 12.1 Å². The van der Waals surface area contributed by atoms with Gasteiger partial charge in [0.1, 0.15) is 11.3 Å². The van der Waals surface area contributed by atoms with Gasteiger partial charge in [0.15, 0.2) is 6.10 Å². The Hall–Kier alpha value is -3.63. The maximum absolute atomic E-state index is 13.1. The van der Waals surface area contributed by atoms with Crippen molar-refractivity contribution in [3.05, 3.63) is 63.7 Å². The van der Waals surface area contributed by atoms with Gasteiger partial charge in [-0.2, -0.15) is 13.2 Å². The second kappa shape index (κ2) is 7.94. The van der Waals surface area contributed by atoms with Crippen molar-refractivity contribution < 1.29 is 37.5 Å². The maximum Gasteiger partial charge on any atom is 0.418 e. The lowest BCUT2D eigenvalue weighted by molar-refractivity contribution is -0.385. The fourth-order valence-electron chi connectivity index (χ4n) is 2.15. The number of non-ortho nitro benzene ring substituents is 1. The number of carbonyl (C=O) groups excluding carboxylic acids is 2. The van der Waals surface area contributed by atoms with E-state index in [0.29, 0.717) is 0 Å². The summed E-state index contributed by atoms with van der Waals surface area (Å²) in [5.41, 5.74) is -3.18. The van der Waals surface area contributed by atoms with E-state index in [0.717, 1.165) is 19.1 Å². The molecule has 0 heterocycles. The first kappa shape index (κ1) is 20.7. The minimum absolute atomic E-state index is 0.228. The molecular formula is C17H13F3N2O6. The van der Waals surface area contributed by atoms with Crippen LogP contribution in [-0.2, 0) is 15.7 Å². The van der Waals surface area contributed by atoms with Gasteiger partial charge in [-0.25, -0.2) is 4.79 Å². The highest BCUT2D eigenvalue weighted by molar-refractivity contribution is 5.98. The molecule has 28 heavy (non-hydrogen) atoms. The van der Waals surface area contributed by atoms with E-state index in [-0.39, 0.29) is 11.6 Å². The lowest BCUT2D eigenvalue weighted by atomic mass is 10.1. The van der Waals surface area contributed by atoms with Gasteiger partial charge in [-0.15, -0.1) is 0 Å². The van der Waals surface area contributed by atoms with Crippen LogP contribution in [0.25, 0.3) is 0 Å². The monoisotopic (exact) mass is 398 g/mol. The van der Waals surface area contributed by atoms with Crippen molar-refractivity contribution in [2.45, 2.75) is 19.2 Å². The zero-order valence-corrected chi connectivity index (χ0v) is 14.2. The number of aromatic hydroxyl groups is 1. The van der Waals surface area contributed by atoms with Crippen LogP contribution in [0.1, 0.15) is 22.8 Å². The summed E-state index contributed by atoms with van der Waals surface area (Å²) in [5.74, 6) is -2.54. The molecule has 0 aliphatic heterocycles. The molecule has 8 nitrogen and oxygen atoms in total. The molecule has 0 spiro atoms. The van der Waals surface area contributed by atoms with E-state index in [1.165, 1.54) is 24.3 Å². The number of ether oxygens (including phenoxy) is 1. The Morgan fingerprint density at radius 1 is 1.21 bits per heavy atom. The SMILES string of the molecule is C[C@H](OC(=O)c1ccccc1O)C(=O)Nc1ccc([N+](=O)[O-])cc1C(F)(F)F. The number of nitro groups is 1. The van der Waals surface area contributed by atoms with Crippen LogP contribution in [0.2, 0.25) is 0 Å². The molecule has 0 radical (unpaired) electrons. The van der Waals surface area contributed by atoms with Gasteiger partial charge in [0.25, 0.3) is 11.6 Å². The van der Waals surface area contributed by atoms with Gasteiger partial charge in [-0.3, -0.25) is 14.9 Å². The van der Waals surface area contributed by atoms with E-state index in [1.807, 2.05) is 5.32 Å². The highest BCUT2D eigenvalue weighted by atomic mass is 19.4. The fourth-order valence-corrected chi connectivity index (χ4v) is 2.15. The second-order valence-electron chi connectivity index (χ2n) is 5.54. The standard InChI is InChI=1S/C17H13F3N2O6/c1-9(28-16(25)11-4-2-3-5-14(11)23)15(24)21-13-7-6-10(22(26)27)8-12(13)17(18,19)20/h2-9,23H,1H3,(H,21,24)/t9-/m0/s1. The predicted octanol–water partition coefficient (Wildman–Crippen LogP) is 3.50. The van der Waals surface area contributed by atoms with E-state index >= 15 is 0 Å². The third kappa shape index (κ3) is 4.75. The molecule has 0 aromatic heterocycles. The van der Waals surface area contributed by atoms with Crippen LogP contribution in [0.4, 0.5) is 24.5 Å². The lowest BCUT2D eigenvalue weighted by Gasteiger charge is -2.17. The third-order valence-electron chi connectivity index (χ3n) is 3.55. The van der Waals surface area contributed by atoms with E-state index in [2.05, 4.69) is 0 Å². The van der Waals surface area contributed by atoms with Crippen LogP contribution < -0.4 is 5.32 Å². The number of esters is 1. The average molecular weight is 398 g/mol. The number of phenolic OH excluding ortho intramolecular Hbond substituents is 1. The number of halogens is 3. The van der Waals surface area contributed by atoms with Crippen LogP contribution in [0.15, 0.2) is 42.5 Å². The number of hydrogen-bond acceptors (Lipinski definition) is 6. The minimum atomic E-state index is -4.97. The van der Waals surface area contributed by atoms with E-state index in [9.17, 15) is 38.0 Å². The van der Waals surface area contributed by atoms with E-state index < -0.39 is 51.8 Å². The topological polar surface area (TPSA) is 119 Å². The van der Waals surface area contributed by atoms with Crippen LogP contribution in [0, 0.1) is 10.1 Å². The molecule has 0 saturated carbocycles. The molecule has 0 aliphatic carbocycles. The number of phenols is 1. The van der Waals surface area contributed by atoms with E-state index in [1.54, 1.807) is 0 Å². The number of alkyl halides is 3. The fraction of sp³-hybridized carbons (Fsp3) is 0.176. The lowest BCUT2D eigenvalue weighted by Crippen LogP contribution is -2.30. The summed E-state index contributed by atoms with van der Waals surface area (Å²) in [7, 11) is 0. The first-order chi connectivity index (χ1) is 13.0. The smallest absolute Gasteiger partial charge is 0.418 e. The summed E-state index contributed by atoms with van der Waals surface area (Å²) in [4.78, 5) is 33.7. The first-order valence-electron chi connectivity index (χ1n) is 7.66. The number of rotatable bonds is 5. The molecule has 2 N–H and O–H groups in total. The van der Waals surface area contributed by atoms with Crippen molar-refractivity contribution >= 4 is 23.3 Å². The summed E-state index contributed by atoms with van der Waals surface area (Å²) in [5, 5.41) is 22.2. The van der Waals surface area contributed by atoms with Crippen LogP contribution >= 0.6 is 0 Å². The van der Waals surface area contributed by atoms with Gasteiger partial charge in [0.05, 0.1) is 16.2 Å². The minimum Gasteiger partial charge on any atom is -0.507 e. The summed E-state index contributed by atoms with van der Waals surface area (Å²) in [6.07, 6.45) is -6.48. The van der Waals surface area contributed by atoms with Crippen molar-refractivity contribution in [3.8, 4) is 5.75 Å². The molecule has 1 amide bonds. The maximum atomic E-state index is 13.1. The highest BCUT2D eigenvalue weighted by Crippen LogP contribution is 2.37. The third-order valence-corrected chi connectivity index (χ3v) is 3.55. The Labute approximate surface area is 155 Å². The Balaban J connectivity index is 2.19. The molecular weight excluding hydrogens is 385 g/mol. The molecule has 0 bridgehead atoms. The molecule has 2 aromatic rings. The molecule has 2 rings (SSSR count). The number of carbonyl (C=O) groups is 2. The Bertz CT molecular complexity index is 929. The van der Waals surface area contributed by atoms with Gasteiger partial charge in [0, 0.05) is 12.1 Å². The number of amides is 1. The molecule has 0 aliphatic rings. The molecule has 148 valence electrons.